The first-order valence-corrected chi connectivity index (χ1v) is 8.13. The molecule has 1 aliphatic rings. The van der Waals surface area contributed by atoms with E-state index < -0.39 is 17.8 Å². The molecule has 3 rings (SSSR count). The minimum Gasteiger partial charge on any atom is -0.273 e. The Labute approximate surface area is 149 Å². The molecule has 1 aliphatic heterocycles. The summed E-state index contributed by atoms with van der Waals surface area (Å²) >= 11 is 5.84. The molecule has 1 saturated heterocycles. The SMILES string of the molecule is CCc1ccc(/C=C2\C(=O)NC(=O)N(c3ccc(Cl)cc3)C2=O)cc1. The van der Waals surface area contributed by atoms with E-state index in [0.29, 0.717) is 16.3 Å². The van der Waals surface area contributed by atoms with Gasteiger partial charge < -0.3 is 0 Å². The Hall–Kier alpha value is -2.92. The molecule has 5 nitrogen and oxygen atoms in total. The number of carbonyl (C=O) groups excluding carboxylic acids is 3. The molecule has 2 aromatic rings. The summed E-state index contributed by atoms with van der Waals surface area (Å²) in [6.45, 7) is 2.04. The molecule has 0 aromatic heterocycles. The summed E-state index contributed by atoms with van der Waals surface area (Å²) in [6, 6.07) is 13.0. The van der Waals surface area contributed by atoms with Gasteiger partial charge >= 0.3 is 6.03 Å². The molecule has 1 heterocycles. The number of urea groups is 1. The fourth-order valence-corrected chi connectivity index (χ4v) is 2.62. The van der Waals surface area contributed by atoms with Gasteiger partial charge in [-0.1, -0.05) is 42.8 Å². The zero-order valence-electron chi connectivity index (χ0n) is 13.5. The van der Waals surface area contributed by atoms with Gasteiger partial charge in [-0.2, -0.15) is 0 Å². The first-order valence-electron chi connectivity index (χ1n) is 7.75. The van der Waals surface area contributed by atoms with Gasteiger partial charge in [-0.15, -0.1) is 0 Å². The summed E-state index contributed by atoms with van der Waals surface area (Å²) in [5, 5.41) is 2.67. The maximum absolute atomic E-state index is 12.7. The molecule has 1 fully saturated rings. The highest BCUT2D eigenvalue weighted by molar-refractivity contribution is 6.39. The van der Waals surface area contributed by atoms with Crippen LogP contribution in [-0.4, -0.2) is 17.8 Å². The van der Waals surface area contributed by atoms with Crippen LogP contribution in [0, 0.1) is 0 Å². The number of carbonyl (C=O) groups is 3. The number of nitrogens with zero attached hydrogens (tertiary/aromatic N) is 1. The van der Waals surface area contributed by atoms with Gasteiger partial charge in [-0.05, 0) is 47.9 Å². The van der Waals surface area contributed by atoms with Gasteiger partial charge in [0.15, 0.2) is 0 Å². The lowest BCUT2D eigenvalue weighted by atomic mass is 10.0. The van der Waals surface area contributed by atoms with Crippen molar-refractivity contribution in [3.63, 3.8) is 0 Å². The van der Waals surface area contributed by atoms with Crippen LogP contribution in [0.1, 0.15) is 18.1 Å². The Kier molecular flexibility index (Phi) is 4.67. The fourth-order valence-electron chi connectivity index (χ4n) is 2.50. The van der Waals surface area contributed by atoms with Crippen LogP contribution >= 0.6 is 11.6 Å². The third kappa shape index (κ3) is 3.46. The Morgan fingerprint density at radius 3 is 2.24 bits per heavy atom. The number of rotatable bonds is 3. The second-order valence-corrected chi connectivity index (χ2v) is 5.97. The number of imide groups is 2. The second-order valence-electron chi connectivity index (χ2n) is 5.53. The molecule has 25 heavy (non-hydrogen) atoms. The van der Waals surface area contributed by atoms with E-state index in [1.54, 1.807) is 24.3 Å². The third-order valence-corrected chi connectivity index (χ3v) is 4.14. The lowest BCUT2D eigenvalue weighted by Gasteiger charge is -2.26. The van der Waals surface area contributed by atoms with Gasteiger partial charge in [0, 0.05) is 5.02 Å². The zero-order chi connectivity index (χ0) is 18.0. The lowest BCUT2D eigenvalue weighted by molar-refractivity contribution is -0.122. The van der Waals surface area contributed by atoms with E-state index >= 15 is 0 Å². The highest BCUT2D eigenvalue weighted by atomic mass is 35.5. The smallest absolute Gasteiger partial charge is 0.273 e. The van der Waals surface area contributed by atoms with Crippen LogP contribution in [0.3, 0.4) is 0 Å². The molecular weight excluding hydrogens is 340 g/mol. The van der Waals surface area contributed by atoms with E-state index in [4.69, 9.17) is 11.6 Å². The normalized spacial score (nSPS) is 16.3. The molecule has 1 N–H and O–H groups in total. The molecular formula is C19H15ClN2O3. The topological polar surface area (TPSA) is 66.5 Å². The van der Waals surface area contributed by atoms with Crippen LogP contribution in [0.25, 0.3) is 6.08 Å². The van der Waals surface area contributed by atoms with E-state index in [1.807, 2.05) is 31.2 Å². The van der Waals surface area contributed by atoms with E-state index in [-0.39, 0.29) is 5.57 Å². The summed E-state index contributed by atoms with van der Waals surface area (Å²) in [5.41, 5.74) is 2.10. The van der Waals surface area contributed by atoms with Gasteiger partial charge in [0.05, 0.1) is 5.69 Å². The highest BCUT2D eigenvalue weighted by Gasteiger charge is 2.36. The molecule has 126 valence electrons. The van der Waals surface area contributed by atoms with Crippen LogP contribution in [0.15, 0.2) is 54.1 Å². The van der Waals surface area contributed by atoms with Gasteiger partial charge in [-0.25, -0.2) is 9.69 Å². The number of halogens is 1. The van der Waals surface area contributed by atoms with Crippen molar-refractivity contribution in [2.45, 2.75) is 13.3 Å². The largest absolute Gasteiger partial charge is 0.335 e. The Bertz CT molecular complexity index is 871. The van der Waals surface area contributed by atoms with E-state index in [9.17, 15) is 14.4 Å². The molecule has 0 radical (unpaired) electrons. The van der Waals surface area contributed by atoms with Crippen molar-refractivity contribution in [2.24, 2.45) is 0 Å². The fraction of sp³-hybridized carbons (Fsp3) is 0.105. The van der Waals surface area contributed by atoms with Crippen LogP contribution in [0.5, 0.6) is 0 Å². The highest BCUT2D eigenvalue weighted by Crippen LogP contribution is 2.23. The van der Waals surface area contributed by atoms with Crippen molar-refractivity contribution in [1.82, 2.24) is 5.32 Å². The first-order chi connectivity index (χ1) is 12.0. The summed E-state index contributed by atoms with van der Waals surface area (Å²) < 4.78 is 0. The van der Waals surface area contributed by atoms with Crippen LogP contribution in [0.2, 0.25) is 5.02 Å². The lowest BCUT2D eigenvalue weighted by Crippen LogP contribution is -2.54. The maximum Gasteiger partial charge on any atom is 0.335 e. The number of anilines is 1. The third-order valence-electron chi connectivity index (χ3n) is 3.89. The zero-order valence-corrected chi connectivity index (χ0v) is 14.2. The number of aryl methyl sites for hydroxylation is 1. The minimum atomic E-state index is -0.782. The molecule has 4 amide bonds. The quantitative estimate of drug-likeness (QED) is 0.677. The molecule has 0 spiro atoms. The van der Waals surface area contributed by atoms with Crippen molar-refractivity contribution >= 4 is 41.2 Å². The number of amides is 4. The number of benzene rings is 2. The molecule has 0 unspecified atom stereocenters. The van der Waals surface area contributed by atoms with Gasteiger partial charge in [-0.3, -0.25) is 14.9 Å². The number of hydrogen-bond donors (Lipinski definition) is 1. The van der Waals surface area contributed by atoms with Crippen LogP contribution < -0.4 is 10.2 Å². The molecule has 0 saturated carbocycles. The van der Waals surface area contributed by atoms with Crippen molar-refractivity contribution in [2.75, 3.05) is 4.90 Å². The molecule has 6 heteroatoms. The van der Waals surface area contributed by atoms with Crippen LogP contribution in [0.4, 0.5) is 10.5 Å². The molecule has 0 aliphatic carbocycles. The Balaban J connectivity index is 1.97. The minimum absolute atomic E-state index is 0.0983. The molecule has 2 aromatic carbocycles. The van der Waals surface area contributed by atoms with Crippen molar-refractivity contribution < 1.29 is 14.4 Å². The molecule has 0 bridgehead atoms. The van der Waals surface area contributed by atoms with Crippen molar-refractivity contribution in [1.29, 1.82) is 0 Å². The first kappa shape index (κ1) is 16.9. The predicted octanol–water partition coefficient (Wildman–Crippen LogP) is 3.57. The Morgan fingerprint density at radius 2 is 1.64 bits per heavy atom. The van der Waals surface area contributed by atoms with E-state index in [0.717, 1.165) is 16.9 Å². The van der Waals surface area contributed by atoms with Gasteiger partial charge in [0.25, 0.3) is 11.8 Å². The van der Waals surface area contributed by atoms with Gasteiger partial charge in [0.2, 0.25) is 0 Å². The number of barbiturate groups is 1. The van der Waals surface area contributed by atoms with Crippen LogP contribution in [-0.2, 0) is 16.0 Å². The second kappa shape index (κ2) is 6.91. The van der Waals surface area contributed by atoms with E-state index in [1.165, 1.54) is 6.08 Å². The average molecular weight is 355 g/mol. The monoisotopic (exact) mass is 354 g/mol. The van der Waals surface area contributed by atoms with Gasteiger partial charge in [0.1, 0.15) is 5.57 Å². The molecule has 0 atom stereocenters. The Morgan fingerprint density at radius 1 is 1.00 bits per heavy atom. The van der Waals surface area contributed by atoms with E-state index in [2.05, 4.69) is 5.32 Å². The predicted molar refractivity (Wildman–Crippen MR) is 96.3 cm³/mol. The summed E-state index contributed by atoms with van der Waals surface area (Å²) in [7, 11) is 0. The number of hydrogen-bond acceptors (Lipinski definition) is 3. The number of nitrogens with one attached hydrogen (secondary N) is 1. The van der Waals surface area contributed by atoms with Crippen molar-refractivity contribution in [3.8, 4) is 0 Å². The van der Waals surface area contributed by atoms with Crippen molar-refractivity contribution in [3.05, 3.63) is 70.3 Å². The summed E-state index contributed by atoms with van der Waals surface area (Å²) in [6.07, 6.45) is 2.38. The maximum atomic E-state index is 12.7. The standard InChI is InChI=1S/C19H15ClN2O3/c1-2-12-3-5-13(6-4-12)11-16-17(23)21-19(25)22(18(16)24)15-9-7-14(20)8-10-15/h3-11H,2H2,1H3,(H,21,23,25)/b16-11+. The summed E-state index contributed by atoms with van der Waals surface area (Å²) in [5.74, 6) is -1.38. The average Bonchev–Trinajstić information content (AvgIpc) is 2.60. The summed E-state index contributed by atoms with van der Waals surface area (Å²) in [4.78, 5) is 37.8.